The molecular weight excluding hydrogens is 274 g/mol. The summed E-state index contributed by atoms with van der Waals surface area (Å²) in [5.41, 5.74) is -1.07. The van der Waals surface area contributed by atoms with Crippen LogP contribution in [0.5, 0.6) is 0 Å². The first-order valence-corrected chi connectivity index (χ1v) is 7.29. The number of carboxylic acids is 1. The van der Waals surface area contributed by atoms with Crippen LogP contribution in [-0.4, -0.2) is 45.5 Å². The fourth-order valence-electron chi connectivity index (χ4n) is 3.00. The van der Waals surface area contributed by atoms with Gasteiger partial charge in [-0.1, -0.05) is 12.8 Å². The van der Waals surface area contributed by atoms with Gasteiger partial charge in [0.25, 0.3) is 5.91 Å². The van der Waals surface area contributed by atoms with Crippen LogP contribution in [-0.2, 0) is 9.53 Å². The van der Waals surface area contributed by atoms with Crippen molar-refractivity contribution in [3.05, 3.63) is 18.0 Å². The predicted molar refractivity (Wildman–Crippen MR) is 73.0 cm³/mol. The molecule has 1 unspecified atom stereocenters. The monoisotopic (exact) mass is 293 g/mol. The molecule has 1 amide bonds. The molecule has 3 rings (SSSR count). The van der Waals surface area contributed by atoms with Crippen LogP contribution < -0.4 is 5.32 Å². The Morgan fingerprint density at radius 2 is 2.19 bits per heavy atom. The van der Waals surface area contributed by atoms with Gasteiger partial charge in [-0.05, 0) is 18.9 Å². The van der Waals surface area contributed by atoms with Crippen molar-refractivity contribution in [2.75, 3.05) is 13.2 Å². The quantitative estimate of drug-likeness (QED) is 0.863. The molecular formula is C14H19N3O4. The summed E-state index contributed by atoms with van der Waals surface area (Å²) in [6.07, 6.45) is 6.60. The van der Waals surface area contributed by atoms with E-state index in [4.69, 9.17) is 4.74 Å². The SMILES string of the molecule is O=C(NC1(C(=O)O)CCOC1)c1ccn(C2CCCC2)n1. The summed E-state index contributed by atoms with van der Waals surface area (Å²) in [6.45, 7) is 0.334. The zero-order valence-electron chi connectivity index (χ0n) is 11.7. The van der Waals surface area contributed by atoms with Crippen LogP contribution in [0.1, 0.15) is 48.6 Å². The van der Waals surface area contributed by atoms with Crippen molar-refractivity contribution in [3.8, 4) is 0 Å². The van der Waals surface area contributed by atoms with E-state index in [1.807, 2.05) is 4.68 Å². The highest BCUT2D eigenvalue weighted by Crippen LogP contribution is 2.28. The summed E-state index contributed by atoms with van der Waals surface area (Å²) in [7, 11) is 0. The third-order valence-electron chi connectivity index (χ3n) is 4.32. The topological polar surface area (TPSA) is 93.5 Å². The number of nitrogens with one attached hydrogen (secondary N) is 1. The zero-order chi connectivity index (χ0) is 14.9. The van der Waals surface area contributed by atoms with Gasteiger partial charge in [-0.25, -0.2) is 4.79 Å². The Kier molecular flexibility index (Phi) is 3.67. The van der Waals surface area contributed by atoms with E-state index in [9.17, 15) is 14.7 Å². The van der Waals surface area contributed by atoms with Crippen LogP contribution in [0.4, 0.5) is 0 Å². The maximum Gasteiger partial charge on any atom is 0.331 e. The van der Waals surface area contributed by atoms with Crippen molar-refractivity contribution < 1.29 is 19.4 Å². The zero-order valence-corrected chi connectivity index (χ0v) is 11.7. The molecule has 1 aliphatic heterocycles. The molecule has 2 fully saturated rings. The Labute approximate surface area is 122 Å². The molecule has 2 heterocycles. The van der Waals surface area contributed by atoms with E-state index >= 15 is 0 Å². The summed E-state index contributed by atoms with van der Waals surface area (Å²) >= 11 is 0. The van der Waals surface area contributed by atoms with Crippen LogP contribution >= 0.6 is 0 Å². The number of hydrogen-bond donors (Lipinski definition) is 2. The summed E-state index contributed by atoms with van der Waals surface area (Å²) in [6, 6.07) is 1.99. The first kappa shape index (κ1) is 14.1. The minimum atomic E-state index is -1.33. The lowest BCUT2D eigenvalue weighted by atomic mass is 9.99. The molecule has 0 spiro atoms. The molecule has 7 nitrogen and oxygen atoms in total. The molecule has 2 aliphatic rings. The summed E-state index contributed by atoms with van der Waals surface area (Å²) in [5.74, 6) is -1.52. The molecule has 1 aliphatic carbocycles. The molecule has 2 N–H and O–H groups in total. The fourth-order valence-corrected chi connectivity index (χ4v) is 3.00. The van der Waals surface area contributed by atoms with Crippen molar-refractivity contribution in [1.29, 1.82) is 0 Å². The number of carbonyl (C=O) groups is 2. The van der Waals surface area contributed by atoms with Gasteiger partial charge in [-0.15, -0.1) is 0 Å². The number of ether oxygens (including phenoxy) is 1. The number of carboxylic acid groups (broad SMARTS) is 1. The Balaban J connectivity index is 1.71. The number of nitrogens with zero attached hydrogens (tertiary/aromatic N) is 2. The first-order valence-electron chi connectivity index (χ1n) is 7.29. The van der Waals surface area contributed by atoms with Crippen LogP contribution in [0.2, 0.25) is 0 Å². The first-order chi connectivity index (χ1) is 10.1. The Bertz CT molecular complexity index is 542. The molecule has 21 heavy (non-hydrogen) atoms. The maximum absolute atomic E-state index is 12.2. The molecule has 0 bridgehead atoms. The molecule has 0 radical (unpaired) electrons. The lowest BCUT2D eigenvalue weighted by molar-refractivity contribution is -0.144. The molecule has 114 valence electrons. The van der Waals surface area contributed by atoms with Gasteiger partial charge in [0.15, 0.2) is 5.54 Å². The van der Waals surface area contributed by atoms with Gasteiger partial charge in [0, 0.05) is 19.2 Å². The Morgan fingerprint density at radius 1 is 1.43 bits per heavy atom. The highest BCUT2D eigenvalue weighted by atomic mass is 16.5. The second-order valence-electron chi connectivity index (χ2n) is 5.76. The highest BCUT2D eigenvalue weighted by molar-refractivity contribution is 5.96. The molecule has 7 heteroatoms. The van der Waals surface area contributed by atoms with E-state index in [2.05, 4.69) is 10.4 Å². The van der Waals surface area contributed by atoms with Gasteiger partial charge >= 0.3 is 5.97 Å². The number of aliphatic carboxylic acids is 1. The summed E-state index contributed by atoms with van der Waals surface area (Å²) in [5, 5.41) is 16.2. The van der Waals surface area contributed by atoms with Gasteiger partial charge in [0.05, 0.1) is 12.6 Å². The molecule has 1 aromatic heterocycles. The molecule has 1 atom stereocenters. The van der Waals surface area contributed by atoms with E-state index in [1.54, 1.807) is 12.3 Å². The highest BCUT2D eigenvalue weighted by Gasteiger charge is 2.44. The van der Waals surface area contributed by atoms with E-state index in [0.717, 1.165) is 12.8 Å². The van der Waals surface area contributed by atoms with E-state index in [1.165, 1.54) is 12.8 Å². The van der Waals surface area contributed by atoms with Crippen LogP contribution in [0, 0.1) is 0 Å². The normalized spacial score (nSPS) is 26.1. The van der Waals surface area contributed by atoms with Crippen molar-refractivity contribution in [1.82, 2.24) is 15.1 Å². The molecule has 1 saturated heterocycles. The number of hydrogen-bond acceptors (Lipinski definition) is 4. The predicted octanol–water partition coefficient (Wildman–Crippen LogP) is 0.972. The van der Waals surface area contributed by atoms with Gasteiger partial charge in [-0.3, -0.25) is 9.48 Å². The number of carbonyl (C=O) groups excluding carboxylic acids is 1. The lowest BCUT2D eigenvalue weighted by Gasteiger charge is -2.23. The second kappa shape index (κ2) is 5.48. The third-order valence-corrected chi connectivity index (χ3v) is 4.32. The molecule has 1 saturated carbocycles. The van der Waals surface area contributed by atoms with Gasteiger partial charge in [0.2, 0.25) is 0 Å². The van der Waals surface area contributed by atoms with Crippen LogP contribution in [0.25, 0.3) is 0 Å². The minimum Gasteiger partial charge on any atom is -0.479 e. The van der Waals surface area contributed by atoms with Crippen molar-refractivity contribution in [3.63, 3.8) is 0 Å². The molecule has 1 aromatic rings. The Hall–Kier alpha value is -1.89. The van der Waals surface area contributed by atoms with Crippen LogP contribution in [0.3, 0.4) is 0 Å². The number of rotatable bonds is 4. The van der Waals surface area contributed by atoms with Crippen LogP contribution in [0.15, 0.2) is 12.3 Å². The third kappa shape index (κ3) is 2.65. The van der Waals surface area contributed by atoms with E-state index in [-0.39, 0.29) is 18.7 Å². The van der Waals surface area contributed by atoms with Crippen molar-refractivity contribution in [2.24, 2.45) is 0 Å². The molecule has 0 aromatic carbocycles. The standard InChI is InChI=1S/C14H19N3O4/c18-12(15-14(13(19)20)6-8-21-9-14)11-5-7-17(16-11)10-3-1-2-4-10/h5,7,10H,1-4,6,8-9H2,(H,15,18)(H,19,20). The van der Waals surface area contributed by atoms with Gasteiger partial charge in [0.1, 0.15) is 5.69 Å². The largest absolute Gasteiger partial charge is 0.479 e. The van der Waals surface area contributed by atoms with Crippen molar-refractivity contribution in [2.45, 2.75) is 43.7 Å². The average Bonchev–Trinajstić information content (AvgIpc) is 3.20. The number of aromatic nitrogens is 2. The maximum atomic E-state index is 12.2. The summed E-state index contributed by atoms with van der Waals surface area (Å²) < 4.78 is 6.94. The number of amides is 1. The smallest absolute Gasteiger partial charge is 0.331 e. The summed E-state index contributed by atoms with van der Waals surface area (Å²) in [4.78, 5) is 23.6. The average molecular weight is 293 g/mol. The minimum absolute atomic E-state index is 0.00257. The van der Waals surface area contributed by atoms with Crippen molar-refractivity contribution >= 4 is 11.9 Å². The van der Waals surface area contributed by atoms with Gasteiger partial charge < -0.3 is 15.2 Å². The van der Waals surface area contributed by atoms with Gasteiger partial charge in [-0.2, -0.15) is 5.10 Å². The van der Waals surface area contributed by atoms with E-state index in [0.29, 0.717) is 12.6 Å². The Morgan fingerprint density at radius 3 is 2.81 bits per heavy atom. The van der Waals surface area contributed by atoms with E-state index < -0.39 is 17.4 Å². The second-order valence-corrected chi connectivity index (χ2v) is 5.76. The lowest BCUT2D eigenvalue weighted by Crippen LogP contribution is -2.55. The fraction of sp³-hybridized carbons (Fsp3) is 0.643.